The molecule has 1 heterocycles. The Morgan fingerprint density at radius 1 is 1.40 bits per heavy atom. The average molecular weight is 307 g/mol. The van der Waals surface area contributed by atoms with Crippen molar-refractivity contribution in [1.29, 1.82) is 0 Å². The van der Waals surface area contributed by atoms with Crippen molar-refractivity contribution in [2.24, 2.45) is 0 Å². The zero-order valence-electron chi connectivity index (χ0n) is 10.9. The Balaban J connectivity index is 1.87. The van der Waals surface area contributed by atoms with Gasteiger partial charge in [-0.25, -0.2) is 0 Å². The van der Waals surface area contributed by atoms with Crippen molar-refractivity contribution in [3.63, 3.8) is 0 Å². The van der Waals surface area contributed by atoms with Crippen LogP contribution in [0, 0.1) is 0 Å². The van der Waals surface area contributed by atoms with Gasteiger partial charge in [0.25, 0.3) is 5.91 Å². The second-order valence-corrected chi connectivity index (χ2v) is 6.24. The molecule has 0 saturated heterocycles. The van der Waals surface area contributed by atoms with Gasteiger partial charge in [-0.05, 0) is 53.4 Å². The number of hydrogen-bond acceptors (Lipinski definition) is 3. The predicted octanol–water partition coefficient (Wildman–Crippen LogP) is 3.79. The van der Waals surface area contributed by atoms with Gasteiger partial charge in [-0.2, -0.15) is 11.3 Å². The molecule has 0 radical (unpaired) electrons. The van der Waals surface area contributed by atoms with Crippen molar-refractivity contribution in [2.75, 3.05) is 5.73 Å². The van der Waals surface area contributed by atoms with E-state index in [9.17, 15) is 4.79 Å². The summed E-state index contributed by atoms with van der Waals surface area (Å²) in [5, 5.41) is 4.64. The summed E-state index contributed by atoms with van der Waals surface area (Å²) in [5.74, 6) is -0.0290. The first-order chi connectivity index (χ1) is 9.65. The second kappa shape index (κ2) is 5.46. The fourth-order valence-electron chi connectivity index (χ4n) is 2.20. The number of nitrogen functional groups attached to an aromatic ring is 1. The van der Waals surface area contributed by atoms with Gasteiger partial charge in [0.2, 0.25) is 0 Å². The van der Waals surface area contributed by atoms with Crippen molar-refractivity contribution >= 4 is 34.5 Å². The molecular formula is C15H15ClN2OS. The topological polar surface area (TPSA) is 46.3 Å². The summed E-state index contributed by atoms with van der Waals surface area (Å²) < 4.78 is 0. The van der Waals surface area contributed by atoms with E-state index in [0.29, 0.717) is 28.9 Å². The molecule has 0 atom stereocenters. The molecule has 1 aromatic heterocycles. The number of nitrogens with two attached hydrogens (primary N) is 1. The van der Waals surface area contributed by atoms with Crippen molar-refractivity contribution in [1.82, 2.24) is 4.90 Å². The lowest BCUT2D eigenvalue weighted by atomic mass is 10.1. The number of rotatable bonds is 4. The van der Waals surface area contributed by atoms with Crippen molar-refractivity contribution in [2.45, 2.75) is 25.4 Å². The van der Waals surface area contributed by atoms with Crippen LogP contribution < -0.4 is 5.73 Å². The Morgan fingerprint density at radius 2 is 2.20 bits per heavy atom. The quantitative estimate of drug-likeness (QED) is 0.874. The molecular weight excluding hydrogens is 292 g/mol. The van der Waals surface area contributed by atoms with E-state index in [0.717, 1.165) is 18.4 Å². The second-order valence-electron chi connectivity index (χ2n) is 5.03. The SMILES string of the molecule is Nc1ccc(Cl)cc1C(=O)N(Cc1ccsc1)C1CC1. The summed E-state index contributed by atoms with van der Waals surface area (Å²) in [6, 6.07) is 7.43. The van der Waals surface area contributed by atoms with Gasteiger partial charge in [-0.3, -0.25) is 4.79 Å². The minimum atomic E-state index is -0.0290. The van der Waals surface area contributed by atoms with Crippen LogP contribution in [0.5, 0.6) is 0 Å². The molecule has 20 heavy (non-hydrogen) atoms. The summed E-state index contributed by atoms with van der Waals surface area (Å²) in [5.41, 5.74) is 8.06. The third-order valence-corrected chi connectivity index (χ3v) is 4.39. The van der Waals surface area contributed by atoms with Crippen LogP contribution in [0.4, 0.5) is 5.69 Å². The van der Waals surface area contributed by atoms with Crippen LogP contribution in [0.3, 0.4) is 0 Å². The molecule has 3 rings (SSSR count). The van der Waals surface area contributed by atoms with E-state index in [-0.39, 0.29) is 5.91 Å². The number of halogens is 1. The maximum Gasteiger partial charge on any atom is 0.256 e. The normalized spacial score (nSPS) is 14.2. The molecule has 104 valence electrons. The monoisotopic (exact) mass is 306 g/mol. The van der Waals surface area contributed by atoms with E-state index in [4.69, 9.17) is 17.3 Å². The van der Waals surface area contributed by atoms with Crippen LogP contribution in [0.25, 0.3) is 0 Å². The van der Waals surface area contributed by atoms with Gasteiger partial charge in [0, 0.05) is 23.3 Å². The molecule has 3 nitrogen and oxygen atoms in total. The van der Waals surface area contributed by atoms with Gasteiger partial charge in [-0.1, -0.05) is 11.6 Å². The van der Waals surface area contributed by atoms with Gasteiger partial charge in [0.1, 0.15) is 0 Å². The lowest BCUT2D eigenvalue weighted by molar-refractivity contribution is 0.0731. The van der Waals surface area contributed by atoms with Crippen LogP contribution in [0.2, 0.25) is 5.02 Å². The zero-order chi connectivity index (χ0) is 14.1. The molecule has 2 N–H and O–H groups in total. The first-order valence-electron chi connectivity index (χ1n) is 6.52. The summed E-state index contributed by atoms with van der Waals surface area (Å²) >= 11 is 7.62. The molecule has 1 aliphatic carbocycles. The fourth-order valence-corrected chi connectivity index (χ4v) is 3.03. The Bertz CT molecular complexity index is 623. The zero-order valence-corrected chi connectivity index (χ0v) is 12.5. The highest BCUT2D eigenvalue weighted by molar-refractivity contribution is 7.07. The van der Waals surface area contributed by atoms with E-state index >= 15 is 0 Å². The maximum absolute atomic E-state index is 12.7. The van der Waals surface area contributed by atoms with Crippen molar-refractivity contribution < 1.29 is 4.79 Å². The number of nitrogens with zero attached hydrogens (tertiary/aromatic N) is 1. The lowest BCUT2D eigenvalue weighted by Crippen LogP contribution is -2.33. The van der Waals surface area contributed by atoms with Crippen LogP contribution in [-0.2, 0) is 6.54 Å². The summed E-state index contributed by atoms with van der Waals surface area (Å²) in [6.07, 6.45) is 2.13. The van der Waals surface area contributed by atoms with Crippen LogP contribution in [-0.4, -0.2) is 16.8 Å². The molecule has 1 fully saturated rings. The summed E-state index contributed by atoms with van der Waals surface area (Å²) in [7, 11) is 0. The van der Waals surface area contributed by atoms with Gasteiger partial charge < -0.3 is 10.6 Å². The Labute approximate surface area is 127 Å². The Morgan fingerprint density at radius 3 is 2.85 bits per heavy atom. The van der Waals surface area contributed by atoms with E-state index in [1.54, 1.807) is 29.5 Å². The molecule has 0 spiro atoms. The largest absolute Gasteiger partial charge is 0.398 e. The molecule has 1 amide bonds. The first-order valence-corrected chi connectivity index (χ1v) is 7.84. The highest BCUT2D eigenvalue weighted by Gasteiger charge is 2.33. The molecule has 1 aromatic carbocycles. The highest BCUT2D eigenvalue weighted by Crippen LogP contribution is 2.31. The molecule has 1 aliphatic rings. The minimum Gasteiger partial charge on any atom is -0.398 e. The van der Waals surface area contributed by atoms with Crippen LogP contribution in [0.1, 0.15) is 28.8 Å². The molecule has 0 aliphatic heterocycles. The Kier molecular flexibility index (Phi) is 3.68. The van der Waals surface area contributed by atoms with Crippen LogP contribution >= 0.6 is 22.9 Å². The predicted molar refractivity (Wildman–Crippen MR) is 83.1 cm³/mol. The number of carbonyl (C=O) groups is 1. The van der Waals surface area contributed by atoms with E-state index in [1.165, 1.54) is 0 Å². The summed E-state index contributed by atoms with van der Waals surface area (Å²) in [6.45, 7) is 0.638. The van der Waals surface area contributed by atoms with Crippen molar-refractivity contribution in [3.8, 4) is 0 Å². The van der Waals surface area contributed by atoms with Crippen molar-refractivity contribution in [3.05, 3.63) is 51.2 Å². The van der Waals surface area contributed by atoms with E-state index in [2.05, 4.69) is 11.4 Å². The first kappa shape index (κ1) is 13.5. The number of amides is 1. The molecule has 2 aromatic rings. The van der Waals surface area contributed by atoms with Crippen LogP contribution in [0.15, 0.2) is 35.0 Å². The molecule has 5 heteroatoms. The maximum atomic E-state index is 12.7. The summed E-state index contributed by atoms with van der Waals surface area (Å²) in [4.78, 5) is 14.6. The number of thiophene rings is 1. The van der Waals surface area contributed by atoms with E-state index < -0.39 is 0 Å². The highest BCUT2D eigenvalue weighted by atomic mass is 35.5. The van der Waals surface area contributed by atoms with Gasteiger partial charge in [0.15, 0.2) is 0 Å². The number of hydrogen-bond donors (Lipinski definition) is 1. The smallest absolute Gasteiger partial charge is 0.256 e. The standard InChI is InChI=1S/C15H15ClN2OS/c16-11-1-4-14(17)13(7-11)15(19)18(12-2-3-12)8-10-5-6-20-9-10/h1,4-7,9,12H,2-3,8,17H2. The third-order valence-electron chi connectivity index (χ3n) is 3.43. The lowest BCUT2D eigenvalue weighted by Gasteiger charge is -2.23. The van der Waals surface area contributed by atoms with Gasteiger partial charge in [0.05, 0.1) is 5.56 Å². The van der Waals surface area contributed by atoms with Gasteiger partial charge in [-0.15, -0.1) is 0 Å². The number of carbonyl (C=O) groups excluding carboxylic acids is 1. The Hall–Kier alpha value is -1.52. The molecule has 0 bridgehead atoms. The average Bonchev–Trinajstić information content (AvgIpc) is 3.15. The number of benzene rings is 1. The molecule has 1 saturated carbocycles. The fraction of sp³-hybridized carbons (Fsp3) is 0.267. The van der Waals surface area contributed by atoms with E-state index in [1.807, 2.05) is 10.3 Å². The minimum absolute atomic E-state index is 0.0290. The van der Waals surface area contributed by atoms with Gasteiger partial charge >= 0.3 is 0 Å². The number of anilines is 1. The third kappa shape index (κ3) is 2.81. The molecule has 0 unspecified atom stereocenters.